The zero-order chi connectivity index (χ0) is 22.0. The van der Waals surface area contributed by atoms with Gasteiger partial charge in [-0.2, -0.15) is 0 Å². The van der Waals surface area contributed by atoms with Gasteiger partial charge in [0.1, 0.15) is 11.8 Å². The predicted octanol–water partition coefficient (Wildman–Crippen LogP) is 3.37. The van der Waals surface area contributed by atoms with Crippen LogP contribution in [-0.2, 0) is 19.3 Å². The van der Waals surface area contributed by atoms with Crippen LogP contribution in [0.5, 0.6) is 0 Å². The SMILES string of the molecule is O=S(=O)(c1ccc(C(OC2CCOCC2)c2cc3cccnc3[nH]2)cc1)C1CCNCC1. The molecule has 2 aliphatic heterocycles. The fourth-order valence-electron chi connectivity index (χ4n) is 4.59. The van der Waals surface area contributed by atoms with Crippen molar-refractivity contribution < 1.29 is 17.9 Å². The first-order valence-electron chi connectivity index (χ1n) is 11.3. The van der Waals surface area contributed by atoms with Gasteiger partial charge in [-0.1, -0.05) is 12.1 Å². The largest absolute Gasteiger partial charge is 0.381 e. The molecule has 1 aromatic carbocycles. The third-order valence-electron chi connectivity index (χ3n) is 6.43. The molecule has 8 heteroatoms. The van der Waals surface area contributed by atoms with Crippen LogP contribution < -0.4 is 5.32 Å². The van der Waals surface area contributed by atoms with Crippen LogP contribution in [0.2, 0.25) is 0 Å². The summed E-state index contributed by atoms with van der Waals surface area (Å²) in [5.74, 6) is 0. The Morgan fingerprint density at radius 2 is 1.78 bits per heavy atom. The van der Waals surface area contributed by atoms with E-state index >= 15 is 0 Å². The van der Waals surface area contributed by atoms with Crippen LogP contribution in [-0.4, -0.2) is 56.0 Å². The number of fused-ring (bicyclic) bond motifs is 1. The molecular formula is C24H29N3O4S. The Labute approximate surface area is 188 Å². The average Bonchev–Trinajstić information content (AvgIpc) is 3.28. The Balaban J connectivity index is 1.45. The van der Waals surface area contributed by atoms with Crippen molar-refractivity contribution in [2.45, 2.75) is 48.0 Å². The molecule has 4 heterocycles. The van der Waals surface area contributed by atoms with Crippen molar-refractivity contribution in [3.63, 3.8) is 0 Å². The fraction of sp³-hybridized carbons (Fsp3) is 0.458. The third kappa shape index (κ3) is 4.45. The molecule has 1 atom stereocenters. The van der Waals surface area contributed by atoms with Gasteiger partial charge in [0.15, 0.2) is 9.84 Å². The highest BCUT2D eigenvalue weighted by Crippen LogP contribution is 2.32. The minimum absolute atomic E-state index is 0.0891. The Morgan fingerprint density at radius 1 is 1.03 bits per heavy atom. The van der Waals surface area contributed by atoms with Crippen molar-refractivity contribution in [2.75, 3.05) is 26.3 Å². The molecule has 2 saturated heterocycles. The number of ether oxygens (including phenoxy) is 2. The van der Waals surface area contributed by atoms with Crippen molar-refractivity contribution in [3.05, 3.63) is 59.9 Å². The molecule has 170 valence electrons. The third-order valence-corrected chi connectivity index (χ3v) is 8.71. The Morgan fingerprint density at radius 3 is 2.50 bits per heavy atom. The number of rotatable bonds is 6. The van der Waals surface area contributed by atoms with E-state index in [1.807, 2.05) is 24.3 Å². The number of benzene rings is 1. The highest BCUT2D eigenvalue weighted by atomic mass is 32.2. The molecule has 0 aliphatic carbocycles. The second kappa shape index (κ2) is 9.31. The zero-order valence-electron chi connectivity index (χ0n) is 18.0. The first-order valence-corrected chi connectivity index (χ1v) is 12.9. The molecule has 7 nitrogen and oxygen atoms in total. The van der Waals surface area contributed by atoms with Gasteiger partial charge in [0, 0.05) is 24.8 Å². The molecule has 0 amide bonds. The standard InChI is InChI=1S/C24H29N3O4S/c28-32(29,21-7-12-25-13-8-21)20-5-3-17(4-6-20)23(31-19-9-14-30-15-10-19)22-16-18-2-1-11-26-24(18)27-22/h1-6,11,16,19,21,23,25H,7-10,12-15H2,(H,26,27). The van der Waals surface area contributed by atoms with Crippen molar-refractivity contribution in [1.82, 2.24) is 15.3 Å². The molecule has 2 fully saturated rings. The molecule has 0 bridgehead atoms. The topological polar surface area (TPSA) is 93.3 Å². The van der Waals surface area contributed by atoms with E-state index in [1.165, 1.54) is 0 Å². The molecule has 32 heavy (non-hydrogen) atoms. The van der Waals surface area contributed by atoms with Crippen LogP contribution in [0.1, 0.15) is 43.0 Å². The average molecular weight is 456 g/mol. The van der Waals surface area contributed by atoms with Crippen LogP contribution in [0, 0.1) is 0 Å². The lowest BCUT2D eigenvalue weighted by molar-refractivity contribution is -0.0577. The van der Waals surface area contributed by atoms with E-state index in [0.717, 1.165) is 48.2 Å². The van der Waals surface area contributed by atoms with Crippen LogP contribution in [0.25, 0.3) is 11.0 Å². The monoisotopic (exact) mass is 455 g/mol. The number of aromatic amines is 1. The quantitative estimate of drug-likeness (QED) is 0.592. The number of H-pyrrole nitrogens is 1. The number of piperidine rings is 1. The van der Waals surface area contributed by atoms with Gasteiger partial charge >= 0.3 is 0 Å². The molecule has 1 unspecified atom stereocenters. The second-order valence-corrected chi connectivity index (χ2v) is 10.8. The smallest absolute Gasteiger partial charge is 0.181 e. The first-order chi connectivity index (χ1) is 15.6. The van der Waals surface area contributed by atoms with Crippen molar-refractivity contribution in [1.29, 1.82) is 0 Å². The fourth-order valence-corrected chi connectivity index (χ4v) is 6.34. The minimum Gasteiger partial charge on any atom is -0.381 e. The summed E-state index contributed by atoms with van der Waals surface area (Å²) in [5, 5.41) is 3.94. The van der Waals surface area contributed by atoms with E-state index in [2.05, 4.69) is 21.4 Å². The Kier molecular flexibility index (Phi) is 6.28. The number of nitrogens with one attached hydrogen (secondary N) is 2. The van der Waals surface area contributed by atoms with Crippen LogP contribution in [0.15, 0.2) is 53.6 Å². The zero-order valence-corrected chi connectivity index (χ0v) is 18.8. The molecule has 2 aromatic heterocycles. The van der Waals surface area contributed by atoms with Gasteiger partial charge in [-0.25, -0.2) is 13.4 Å². The van der Waals surface area contributed by atoms with E-state index in [0.29, 0.717) is 31.0 Å². The number of hydrogen-bond acceptors (Lipinski definition) is 6. The summed E-state index contributed by atoms with van der Waals surface area (Å²) >= 11 is 0. The van der Waals surface area contributed by atoms with Crippen molar-refractivity contribution in [2.24, 2.45) is 0 Å². The Hall–Kier alpha value is -2.26. The lowest BCUT2D eigenvalue weighted by Gasteiger charge is -2.28. The summed E-state index contributed by atoms with van der Waals surface area (Å²) in [6.07, 6.45) is 4.52. The highest BCUT2D eigenvalue weighted by Gasteiger charge is 2.30. The molecule has 2 N–H and O–H groups in total. The molecule has 0 saturated carbocycles. The number of aromatic nitrogens is 2. The summed E-state index contributed by atoms with van der Waals surface area (Å²) in [6.45, 7) is 2.88. The van der Waals surface area contributed by atoms with E-state index in [4.69, 9.17) is 9.47 Å². The molecule has 0 spiro atoms. The summed E-state index contributed by atoms with van der Waals surface area (Å²) in [4.78, 5) is 8.18. The highest BCUT2D eigenvalue weighted by molar-refractivity contribution is 7.92. The predicted molar refractivity (Wildman–Crippen MR) is 122 cm³/mol. The van der Waals surface area contributed by atoms with Crippen LogP contribution in [0.4, 0.5) is 0 Å². The van der Waals surface area contributed by atoms with E-state index in [1.54, 1.807) is 18.3 Å². The maximum atomic E-state index is 13.1. The normalized spacial score (nSPS) is 19.9. The maximum Gasteiger partial charge on any atom is 0.181 e. The molecule has 2 aliphatic rings. The van der Waals surface area contributed by atoms with Gasteiger partial charge in [-0.15, -0.1) is 0 Å². The van der Waals surface area contributed by atoms with Gasteiger partial charge in [-0.05, 0) is 74.7 Å². The van der Waals surface area contributed by atoms with E-state index in [-0.39, 0.29) is 17.5 Å². The summed E-state index contributed by atoms with van der Waals surface area (Å²) in [6, 6.07) is 13.2. The summed E-state index contributed by atoms with van der Waals surface area (Å²) in [7, 11) is -3.33. The first kappa shape index (κ1) is 21.6. The number of sulfone groups is 1. The minimum atomic E-state index is -3.33. The van der Waals surface area contributed by atoms with Gasteiger partial charge in [0.05, 0.1) is 21.9 Å². The van der Waals surface area contributed by atoms with Gasteiger partial charge in [0.2, 0.25) is 0 Å². The Bertz CT molecular complexity index is 1110. The molecule has 3 aromatic rings. The maximum absolute atomic E-state index is 13.1. The van der Waals surface area contributed by atoms with E-state index in [9.17, 15) is 8.42 Å². The molecule has 5 rings (SSSR count). The van der Waals surface area contributed by atoms with Gasteiger partial charge in [-0.3, -0.25) is 0 Å². The lowest BCUT2D eigenvalue weighted by Crippen LogP contribution is -2.35. The summed E-state index contributed by atoms with van der Waals surface area (Å²) in [5.41, 5.74) is 2.65. The number of nitrogens with zero attached hydrogens (tertiary/aromatic N) is 1. The van der Waals surface area contributed by atoms with Gasteiger partial charge < -0.3 is 19.8 Å². The summed E-state index contributed by atoms with van der Waals surface area (Å²) < 4.78 is 38.2. The van der Waals surface area contributed by atoms with Crippen LogP contribution >= 0.6 is 0 Å². The van der Waals surface area contributed by atoms with E-state index < -0.39 is 9.84 Å². The molecule has 0 radical (unpaired) electrons. The van der Waals surface area contributed by atoms with Crippen molar-refractivity contribution >= 4 is 20.9 Å². The lowest BCUT2D eigenvalue weighted by atomic mass is 10.0. The van der Waals surface area contributed by atoms with Crippen molar-refractivity contribution in [3.8, 4) is 0 Å². The number of pyridine rings is 1. The van der Waals surface area contributed by atoms with Gasteiger partial charge in [0.25, 0.3) is 0 Å². The molecular weight excluding hydrogens is 426 g/mol. The number of hydrogen-bond donors (Lipinski definition) is 2. The van der Waals surface area contributed by atoms with Crippen LogP contribution in [0.3, 0.4) is 0 Å². The second-order valence-electron chi connectivity index (χ2n) is 8.56.